The first-order chi connectivity index (χ1) is 16.7. The quantitative estimate of drug-likeness (QED) is 0.483. The van der Waals surface area contributed by atoms with Crippen LogP contribution < -0.4 is 10.6 Å². The van der Waals surface area contributed by atoms with Crippen LogP contribution in [0.4, 0.5) is 0 Å². The van der Waals surface area contributed by atoms with Gasteiger partial charge in [-0.25, -0.2) is 0 Å². The zero-order valence-corrected chi connectivity index (χ0v) is 21.3. The Kier molecular flexibility index (Phi) is 9.74. The van der Waals surface area contributed by atoms with Crippen molar-refractivity contribution in [1.29, 1.82) is 0 Å². The van der Waals surface area contributed by atoms with Gasteiger partial charge in [-0.2, -0.15) is 0 Å². The molecule has 4 rings (SSSR count). The number of amides is 2. The number of carbonyl (C=O) groups is 2. The molecule has 0 atom stereocenters. The van der Waals surface area contributed by atoms with Gasteiger partial charge in [-0.3, -0.25) is 19.4 Å². The highest BCUT2D eigenvalue weighted by Crippen LogP contribution is 2.40. The largest absolute Gasteiger partial charge is 0.339 e. The van der Waals surface area contributed by atoms with Gasteiger partial charge in [-0.1, -0.05) is 58.7 Å². The third kappa shape index (κ3) is 7.25. The molecule has 8 heteroatoms. The number of carbonyl (C=O) groups excluding carboxylic acids is 2. The van der Waals surface area contributed by atoms with E-state index in [4.69, 9.17) is 0 Å². The van der Waals surface area contributed by atoms with E-state index in [-0.39, 0.29) is 11.8 Å². The number of nitrogens with zero attached hydrogens (tertiary/aromatic N) is 2. The maximum absolute atomic E-state index is 12.9. The van der Waals surface area contributed by atoms with Gasteiger partial charge in [-0.15, -0.1) is 0 Å². The van der Waals surface area contributed by atoms with Crippen molar-refractivity contribution in [2.24, 2.45) is 0 Å². The van der Waals surface area contributed by atoms with E-state index in [0.717, 1.165) is 36.0 Å². The van der Waals surface area contributed by atoms with Gasteiger partial charge < -0.3 is 10.6 Å². The predicted octanol–water partition coefficient (Wildman–Crippen LogP) is 4.83. The Morgan fingerprint density at radius 2 is 1.00 bits per heavy atom. The Labute approximate surface area is 210 Å². The van der Waals surface area contributed by atoms with Crippen molar-refractivity contribution in [3.8, 4) is 0 Å². The summed E-state index contributed by atoms with van der Waals surface area (Å²) in [5.41, 5.74) is 1.34. The molecule has 0 radical (unpaired) electrons. The normalized spacial score (nSPS) is 17.3. The molecule has 2 heterocycles. The molecule has 0 bridgehead atoms. The van der Waals surface area contributed by atoms with E-state index >= 15 is 0 Å². The van der Waals surface area contributed by atoms with Gasteiger partial charge in [0, 0.05) is 9.79 Å². The van der Waals surface area contributed by atoms with E-state index in [1.54, 1.807) is 0 Å². The summed E-state index contributed by atoms with van der Waals surface area (Å²) in [6.07, 6.45) is 7.35. The van der Waals surface area contributed by atoms with Crippen molar-refractivity contribution >= 4 is 33.4 Å². The number of rotatable bonds is 9. The second kappa shape index (κ2) is 13.2. The third-order valence-corrected chi connectivity index (χ3v) is 8.79. The van der Waals surface area contributed by atoms with E-state index < -0.39 is 0 Å². The highest BCUT2D eigenvalue weighted by atomic mass is 33.1. The van der Waals surface area contributed by atoms with Gasteiger partial charge in [0.25, 0.3) is 11.8 Å². The molecule has 2 aromatic rings. The molecule has 2 amide bonds. The topological polar surface area (TPSA) is 64.7 Å². The minimum Gasteiger partial charge on any atom is -0.339 e. The fourth-order valence-corrected chi connectivity index (χ4v) is 6.70. The first-order valence-corrected chi connectivity index (χ1v) is 14.4. The molecule has 0 unspecified atom stereocenters. The fourth-order valence-electron chi connectivity index (χ4n) is 4.34. The summed E-state index contributed by atoms with van der Waals surface area (Å²) in [4.78, 5) is 32.2. The molecule has 2 aliphatic rings. The van der Waals surface area contributed by atoms with Gasteiger partial charge in [0.05, 0.1) is 24.5 Å². The molecule has 34 heavy (non-hydrogen) atoms. The minimum atomic E-state index is -0.0539. The molecule has 0 saturated carbocycles. The second-order valence-corrected chi connectivity index (χ2v) is 11.1. The summed E-state index contributed by atoms with van der Waals surface area (Å²) in [5.74, 6) is -0.108. The standard InChI is InChI=1S/C26H34N4O2S2/c31-25(27-19-29-15-7-1-8-16-29)21-11-3-5-13-23(21)33-34-24-14-6-4-12-22(24)26(32)28-20-30-17-9-2-10-18-30/h3-6,11-14H,1-2,7-10,15-20H2,(H,27,31)(H,28,32). The number of benzene rings is 2. The Bertz CT molecular complexity index is 882. The molecular formula is C26H34N4O2S2. The smallest absolute Gasteiger partial charge is 0.253 e. The average molecular weight is 499 g/mol. The van der Waals surface area contributed by atoms with Crippen LogP contribution in [0, 0.1) is 0 Å². The maximum atomic E-state index is 12.9. The van der Waals surface area contributed by atoms with Crippen molar-refractivity contribution in [2.45, 2.75) is 48.3 Å². The van der Waals surface area contributed by atoms with Gasteiger partial charge in [0.2, 0.25) is 0 Å². The van der Waals surface area contributed by atoms with Crippen molar-refractivity contribution in [3.63, 3.8) is 0 Å². The zero-order chi connectivity index (χ0) is 23.6. The van der Waals surface area contributed by atoms with Crippen LogP contribution in [-0.2, 0) is 0 Å². The van der Waals surface area contributed by atoms with Crippen molar-refractivity contribution in [1.82, 2.24) is 20.4 Å². The molecule has 2 fully saturated rings. The first-order valence-electron chi connectivity index (χ1n) is 12.2. The summed E-state index contributed by atoms with van der Waals surface area (Å²) in [6.45, 7) is 5.36. The monoisotopic (exact) mass is 498 g/mol. The van der Waals surface area contributed by atoms with Crippen LogP contribution in [0.3, 0.4) is 0 Å². The maximum Gasteiger partial charge on any atom is 0.253 e. The number of hydrogen-bond donors (Lipinski definition) is 2. The lowest BCUT2D eigenvalue weighted by molar-refractivity contribution is 0.0903. The highest BCUT2D eigenvalue weighted by molar-refractivity contribution is 8.76. The van der Waals surface area contributed by atoms with E-state index in [9.17, 15) is 9.59 Å². The first kappa shape index (κ1) is 25.1. The fraction of sp³-hybridized carbons (Fsp3) is 0.462. The highest BCUT2D eigenvalue weighted by Gasteiger charge is 2.17. The summed E-state index contributed by atoms with van der Waals surface area (Å²) < 4.78 is 0. The molecule has 6 nitrogen and oxygen atoms in total. The van der Waals surface area contributed by atoms with Crippen LogP contribution >= 0.6 is 21.6 Å². The van der Waals surface area contributed by atoms with Crippen molar-refractivity contribution in [2.75, 3.05) is 39.5 Å². The molecule has 0 spiro atoms. The molecular weight excluding hydrogens is 464 g/mol. The summed E-state index contributed by atoms with van der Waals surface area (Å²) in [6, 6.07) is 15.3. The molecule has 182 valence electrons. The second-order valence-electron chi connectivity index (χ2n) is 8.84. The van der Waals surface area contributed by atoms with E-state index in [0.29, 0.717) is 24.5 Å². The Hall–Kier alpha value is -2.00. The lowest BCUT2D eigenvalue weighted by atomic mass is 10.1. The van der Waals surface area contributed by atoms with E-state index in [1.807, 2.05) is 48.5 Å². The molecule has 2 N–H and O–H groups in total. The van der Waals surface area contributed by atoms with Crippen LogP contribution in [0.15, 0.2) is 58.3 Å². The zero-order valence-electron chi connectivity index (χ0n) is 19.6. The van der Waals surface area contributed by atoms with Gasteiger partial charge >= 0.3 is 0 Å². The van der Waals surface area contributed by atoms with E-state index in [2.05, 4.69) is 20.4 Å². The lowest BCUT2D eigenvalue weighted by Crippen LogP contribution is -2.40. The Morgan fingerprint density at radius 3 is 1.41 bits per heavy atom. The van der Waals surface area contributed by atoms with Gasteiger partial charge in [0.15, 0.2) is 0 Å². The molecule has 2 aromatic carbocycles. The molecule has 2 aliphatic heterocycles. The predicted molar refractivity (Wildman–Crippen MR) is 140 cm³/mol. The van der Waals surface area contributed by atoms with Crippen molar-refractivity contribution < 1.29 is 9.59 Å². The van der Waals surface area contributed by atoms with Crippen LogP contribution in [0.1, 0.15) is 59.2 Å². The molecule has 2 saturated heterocycles. The number of hydrogen-bond acceptors (Lipinski definition) is 6. The number of nitrogens with one attached hydrogen (secondary N) is 2. The summed E-state index contributed by atoms with van der Waals surface area (Å²) in [5, 5.41) is 6.16. The number of likely N-dealkylation sites (tertiary alicyclic amines) is 2. The Morgan fingerprint density at radius 1 is 0.618 bits per heavy atom. The lowest BCUT2D eigenvalue weighted by Gasteiger charge is -2.26. The minimum absolute atomic E-state index is 0.0539. The number of piperidine rings is 2. The molecule has 0 aromatic heterocycles. The Balaban J connectivity index is 1.35. The van der Waals surface area contributed by atoms with Crippen LogP contribution in [0.25, 0.3) is 0 Å². The van der Waals surface area contributed by atoms with E-state index in [1.165, 1.54) is 60.1 Å². The van der Waals surface area contributed by atoms with Crippen LogP contribution in [0.5, 0.6) is 0 Å². The van der Waals surface area contributed by atoms with Crippen molar-refractivity contribution in [3.05, 3.63) is 59.7 Å². The van der Waals surface area contributed by atoms with Crippen LogP contribution in [0.2, 0.25) is 0 Å². The third-order valence-electron chi connectivity index (χ3n) is 6.31. The summed E-state index contributed by atoms with van der Waals surface area (Å²) in [7, 11) is 3.04. The van der Waals surface area contributed by atoms with Gasteiger partial charge in [0.1, 0.15) is 0 Å². The van der Waals surface area contributed by atoms with Gasteiger partial charge in [-0.05, 0) is 76.1 Å². The average Bonchev–Trinajstić information content (AvgIpc) is 2.90. The molecule has 0 aliphatic carbocycles. The van der Waals surface area contributed by atoms with Crippen LogP contribution in [-0.4, -0.2) is 61.1 Å². The SMILES string of the molecule is O=C(NCN1CCCCC1)c1ccccc1SSc1ccccc1C(=O)NCN1CCCCC1. The summed E-state index contributed by atoms with van der Waals surface area (Å²) >= 11 is 0.